The van der Waals surface area contributed by atoms with E-state index in [0.717, 1.165) is 24.0 Å². The van der Waals surface area contributed by atoms with Gasteiger partial charge in [0.05, 0.1) is 20.3 Å². The van der Waals surface area contributed by atoms with E-state index in [9.17, 15) is 9.18 Å². The molecule has 2 amide bonds. The molecule has 0 spiro atoms. The molecule has 0 bridgehead atoms. The number of nitrogens with zero attached hydrogens (tertiary/aromatic N) is 3. The van der Waals surface area contributed by atoms with Crippen molar-refractivity contribution in [2.24, 2.45) is 7.05 Å². The minimum absolute atomic E-state index is 0.119. The van der Waals surface area contributed by atoms with Gasteiger partial charge in [-0.1, -0.05) is 12.1 Å². The first kappa shape index (κ1) is 21.7. The maximum Gasteiger partial charge on any atom is 0.318 e. The highest BCUT2D eigenvalue weighted by atomic mass is 19.1. The van der Waals surface area contributed by atoms with Gasteiger partial charge in [0.1, 0.15) is 29.2 Å². The number of carbonyl (C=O) groups excluding carboxylic acids is 1. The van der Waals surface area contributed by atoms with E-state index in [1.165, 1.54) is 12.1 Å². The summed E-state index contributed by atoms with van der Waals surface area (Å²) in [5.41, 5.74) is 1.70. The number of aryl methyl sites for hydroxylation is 1. The molecule has 2 unspecified atom stereocenters. The molecular formula is C24H27FN4O3. The van der Waals surface area contributed by atoms with Crippen LogP contribution >= 0.6 is 0 Å². The van der Waals surface area contributed by atoms with Gasteiger partial charge in [0.25, 0.3) is 0 Å². The van der Waals surface area contributed by atoms with Crippen LogP contribution in [0.4, 0.5) is 9.18 Å². The van der Waals surface area contributed by atoms with Gasteiger partial charge in [0.15, 0.2) is 0 Å². The van der Waals surface area contributed by atoms with Crippen LogP contribution in [0.15, 0.2) is 54.9 Å². The Balaban J connectivity index is 1.62. The van der Waals surface area contributed by atoms with Gasteiger partial charge in [-0.05, 0) is 42.7 Å². The molecular weight excluding hydrogens is 411 g/mol. The third kappa shape index (κ3) is 4.26. The van der Waals surface area contributed by atoms with Crippen LogP contribution in [-0.4, -0.2) is 41.2 Å². The number of benzene rings is 2. The summed E-state index contributed by atoms with van der Waals surface area (Å²) >= 11 is 0. The van der Waals surface area contributed by atoms with Crippen molar-refractivity contribution in [3.63, 3.8) is 0 Å². The number of hydrogen-bond donors (Lipinski definition) is 1. The van der Waals surface area contributed by atoms with E-state index in [4.69, 9.17) is 9.47 Å². The lowest BCUT2D eigenvalue weighted by molar-refractivity contribution is 0.189. The molecule has 2 heterocycles. The quantitative estimate of drug-likeness (QED) is 0.626. The van der Waals surface area contributed by atoms with Crippen LogP contribution in [0.25, 0.3) is 0 Å². The summed E-state index contributed by atoms with van der Waals surface area (Å²) in [6.07, 6.45) is 5.22. The molecule has 1 fully saturated rings. The Kier molecular flexibility index (Phi) is 6.30. The maximum atomic E-state index is 13.5. The fraction of sp³-hybridized carbons (Fsp3) is 0.333. The summed E-state index contributed by atoms with van der Waals surface area (Å²) in [5, 5.41) is 3.11. The molecule has 1 N–H and O–H groups in total. The lowest BCUT2D eigenvalue weighted by Gasteiger charge is -2.29. The molecule has 1 saturated heterocycles. The predicted molar refractivity (Wildman–Crippen MR) is 118 cm³/mol. The van der Waals surface area contributed by atoms with Gasteiger partial charge < -0.3 is 24.3 Å². The second-order valence-corrected chi connectivity index (χ2v) is 7.79. The Morgan fingerprint density at radius 1 is 1.19 bits per heavy atom. The summed E-state index contributed by atoms with van der Waals surface area (Å²) in [5.74, 6) is 1.73. The van der Waals surface area contributed by atoms with E-state index in [2.05, 4.69) is 10.3 Å². The maximum absolute atomic E-state index is 13.5. The Hall–Kier alpha value is -3.55. The van der Waals surface area contributed by atoms with Crippen molar-refractivity contribution in [2.75, 3.05) is 20.8 Å². The number of nitrogens with one attached hydrogen (secondary N) is 1. The number of rotatable bonds is 6. The van der Waals surface area contributed by atoms with Gasteiger partial charge in [-0.3, -0.25) is 0 Å². The van der Waals surface area contributed by atoms with Crippen LogP contribution in [0.3, 0.4) is 0 Å². The van der Waals surface area contributed by atoms with E-state index in [1.54, 1.807) is 32.5 Å². The molecule has 1 aliphatic heterocycles. The van der Waals surface area contributed by atoms with Crippen molar-refractivity contribution in [1.82, 2.24) is 19.8 Å². The highest BCUT2D eigenvalue weighted by Crippen LogP contribution is 2.39. The SMILES string of the molecule is COc1ccc(C2CCCN2C(=O)NC(c2ccc(F)cc2)c2nccn2C)c(OC)c1. The number of urea groups is 1. The lowest BCUT2D eigenvalue weighted by atomic mass is 10.0. The summed E-state index contributed by atoms with van der Waals surface area (Å²) in [4.78, 5) is 19.7. The monoisotopic (exact) mass is 438 g/mol. The smallest absolute Gasteiger partial charge is 0.318 e. The number of aromatic nitrogens is 2. The van der Waals surface area contributed by atoms with Crippen molar-refractivity contribution in [1.29, 1.82) is 0 Å². The predicted octanol–water partition coefficient (Wildman–Crippen LogP) is 4.21. The summed E-state index contributed by atoms with van der Waals surface area (Å²) in [6, 6.07) is 10.9. The first-order valence-electron chi connectivity index (χ1n) is 10.5. The molecule has 8 heteroatoms. The Morgan fingerprint density at radius 3 is 2.62 bits per heavy atom. The van der Waals surface area contributed by atoms with Gasteiger partial charge in [-0.15, -0.1) is 0 Å². The average molecular weight is 439 g/mol. The van der Waals surface area contributed by atoms with Crippen LogP contribution in [0, 0.1) is 5.82 Å². The topological polar surface area (TPSA) is 68.6 Å². The highest BCUT2D eigenvalue weighted by molar-refractivity contribution is 5.76. The number of carbonyl (C=O) groups is 1. The van der Waals surface area contributed by atoms with Crippen LogP contribution in [0.2, 0.25) is 0 Å². The van der Waals surface area contributed by atoms with Gasteiger partial charge in [0.2, 0.25) is 0 Å². The van der Waals surface area contributed by atoms with Crippen molar-refractivity contribution in [3.8, 4) is 11.5 Å². The highest BCUT2D eigenvalue weighted by Gasteiger charge is 2.34. The molecule has 7 nitrogen and oxygen atoms in total. The molecule has 1 aromatic heterocycles. The second kappa shape index (κ2) is 9.30. The zero-order chi connectivity index (χ0) is 22.7. The fourth-order valence-electron chi connectivity index (χ4n) is 4.24. The molecule has 168 valence electrons. The fourth-order valence-corrected chi connectivity index (χ4v) is 4.24. The number of amides is 2. The van der Waals surface area contributed by atoms with Crippen LogP contribution < -0.4 is 14.8 Å². The number of hydrogen-bond acceptors (Lipinski definition) is 4. The molecule has 0 saturated carbocycles. The third-order valence-corrected chi connectivity index (χ3v) is 5.90. The molecule has 2 aromatic carbocycles. The average Bonchev–Trinajstić information content (AvgIpc) is 3.47. The lowest BCUT2D eigenvalue weighted by Crippen LogP contribution is -2.42. The number of methoxy groups -OCH3 is 2. The Morgan fingerprint density at radius 2 is 1.97 bits per heavy atom. The number of imidazole rings is 1. The minimum atomic E-state index is -0.512. The summed E-state index contributed by atoms with van der Waals surface area (Å²) < 4.78 is 26.2. The van der Waals surface area contributed by atoms with E-state index in [0.29, 0.717) is 23.9 Å². The normalized spacial score (nSPS) is 16.6. The molecule has 0 radical (unpaired) electrons. The van der Waals surface area contributed by atoms with Crippen LogP contribution in [-0.2, 0) is 7.05 Å². The van der Waals surface area contributed by atoms with Crippen molar-refractivity contribution in [2.45, 2.75) is 24.9 Å². The Bertz CT molecular complexity index is 1080. The van der Waals surface area contributed by atoms with Crippen molar-refractivity contribution >= 4 is 6.03 Å². The molecule has 3 aromatic rings. The zero-order valence-electron chi connectivity index (χ0n) is 18.4. The zero-order valence-corrected chi connectivity index (χ0v) is 18.4. The van der Waals surface area contributed by atoms with E-state index >= 15 is 0 Å². The van der Waals surface area contributed by atoms with Crippen LogP contribution in [0.5, 0.6) is 11.5 Å². The molecule has 4 rings (SSSR count). The van der Waals surface area contributed by atoms with Crippen molar-refractivity contribution < 1.29 is 18.7 Å². The standard InChI is InChI=1S/C24H27FN4O3/c1-28-14-12-26-23(28)22(16-6-8-17(25)9-7-16)27-24(30)29-13-4-5-20(29)19-11-10-18(31-2)15-21(19)32-3/h6-12,14-15,20,22H,4-5,13H2,1-3H3,(H,27,30). The molecule has 2 atom stereocenters. The Labute approximate surface area is 186 Å². The van der Waals surface area contributed by atoms with Gasteiger partial charge in [0, 0.05) is 37.6 Å². The number of likely N-dealkylation sites (tertiary alicyclic amines) is 1. The first-order chi connectivity index (χ1) is 15.5. The summed E-state index contributed by atoms with van der Waals surface area (Å²) in [7, 11) is 5.09. The second-order valence-electron chi connectivity index (χ2n) is 7.79. The van der Waals surface area contributed by atoms with Gasteiger partial charge in [-0.2, -0.15) is 0 Å². The number of ether oxygens (including phenoxy) is 2. The van der Waals surface area contributed by atoms with E-state index < -0.39 is 6.04 Å². The third-order valence-electron chi connectivity index (χ3n) is 5.90. The van der Waals surface area contributed by atoms with E-state index in [1.807, 2.05) is 40.9 Å². The molecule has 0 aliphatic carbocycles. The first-order valence-corrected chi connectivity index (χ1v) is 10.5. The largest absolute Gasteiger partial charge is 0.497 e. The van der Waals surface area contributed by atoms with Gasteiger partial charge in [-0.25, -0.2) is 14.2 Å². The van der Waals surface area contributed by atoms with Gasteiger partial charge >= 0.3 is 6.03 Å². The number of halogens is 1. The molecule has 32 heavy (non-hydrogen) atoms. The van der Waals surface area contributed by atoms with Crippen LogP contribution in [0.1, 0.15) is 41.9 Å². The van der Waals surface area contributed by atoms with E-state index in [-0.39, 0.29) is 17.9 Å². The van der Waals surface area contributed by atoms with Crippen molar-refractivity contribution in [3.05, 3.63) is 77.6 Å². The summed E-state index contributed by atoms with van der Waals surface area (Å²) in [6.45, 7) is 0.627. The minimum Gasteiger partial charge on any atom is -0.497 e. The molecule has 1 aliphatic rings.